The van der Waals surface area contributed by atoms with Crippen molar-refractivity contribution in [2.45, 2.75) is 0 Å². The first-order valence-corrected chi connectivity index (χ1v) is 6.57. The Balaban J connectivity index is 1.96. The molecule has 2 aromatic carbocycles. The lowest BCUT2D eigenvalue weighted by Crippen LogP contribution is -1.95. The van der Waals surface area contributed by atoms with Crippen molar-refractivity contribution in [3.05, 3.63) is 65.3 Å². The Labute approximate surface area is 125 Å². The highest BCUT2D eigenvalue weighted by Crippen LogP contribution is 2.30. The van der Waals surface area contributed by atoms with Crippen LogP contribution in [0.4, 0.5) is 0 Å². The van der Waals surface area contributed by atoms with Gasteiger partial charge in [0.15, 0.2) is 0 Å². The van der Waals surface area contributed by atoms with E-state index >= 15 is 0 Å². The summed E-state index contributed by atoms with van der Waals surface area (Å²) in [6, 6.07) is 13.4. The van der Waals surface area contributed by atoms with E-state index in [1.54, 1.807) is 36.5 Å². The van der Waals surface area contributed by atoms with Crippen LogP contribution in [-0.2, 0) is 0 Å². The smallest absolute Gasteiger partial charge is 0.335 e. The second-order valence-electron chi connectivity index (χ2n) is 4.40. The fourth-order valence-corrected chi connectivity index (χ4v) is 2.14. The lowest BCUT2D eigenvalue weighted by molar-refractivity contribution is 0.0697. The van der Waals surface area contributed by atoms with E-state index in [-0.39, 0.29) is 5.56 Å². The molecule has 0 fully saturated rings. The van der Waals surface area contributed by atoms with E-state index in [2.05, 4.69) is 4.98 Å². The summed E-state index contributed by atoms with van der Waals surface area (Å²) in [5, 5.41) is 10.3. The molecule has 1 aromatic heterocycles. The van der Waals surface area contributed by atoms with E-state index < -0.39 is 5.97 Å². The molecule has 0 atom stereocenters. The Bertz CT molecular complexity index is 815. The lowest BCUT2D eigenvalue weighted by Gasteiger charge is -2.09. The summed E-state index contributed by atoms with van der Waals surface area (Å²) in [6.45, 7) is 0. The van der Waals surface area contributed by atoms with E-state index in [0.717, 1.165) is 10.9 Å². The van der Waals surface area contributed by atoms with Gasteiger partial charge in [-0.15, -0.1) is 0 Å². The molecule has 0 saturated heterocycles. The average molecular weight is 300 g/mol. The maximum atomic E-state index is 10.8. The molecule has 5 heteroatoms. The van der Waals surface area contributed by atoms with Gasteiger partial charge in [0, 0.05) is 16.6 Å². The summed E-state index contributed by atoms with van der Waals surface area (Å²) >= 11 is 5.94. The van der Waals surface area contributed by atoms with Gasteiger partial charge in [0.2, 0.25) is 0 Å². The first-order valence-electron chi connectivity index (χ1n) is 6.19. The number of rotatable bonds is 3. The van der Waals surface area contributed by atoms with Crippen LogP contribution in [0, 0.1) is 0 Å². The topological polar surface area (TPSA) is 59.4 Å². The number of nitrogens with zero attached hydrogens (tertiary/aromatic N) is 1. The summed E-state index contributed by atoms with van der Waals surface area (Å²) in [7, 11) is 0. The maximum Gasteiger partial charge on any atom is 0.335 e. The van der Waals surface area contributed by atoms with Gasteiger partial charge in [0.1, 0.15) is 11.5 Å². The number of ether oxygens (including phenoxy) is 1. The number of halogens is 1. The number of aromatic carboxylic acids is 1. The average Bonchev–Trinajstić information content (AvgIpc) is 2.47. The van der Waals surface area contributed by atoms with Crippen LogP contribution in [0.2, 0.25) is 5.02 Å². The normalized spacial score (nSPS) is 10.5. The highest BCUT2D eigenvalue weighted by Gasteiger charge is 2.06. The van der Waals surface area contributed by atoms with Crippen LogP contribution < -0.4 is 4.74 Å². The number of fused-ring (bicyclic) bond motifs is 1. The number of hydrogen-bond acceptors (Lipinski definition) is 3. The zero-order valence-electron chi connectivity index (χ0n) is 10.8. The molecular formula is C16H10ClNO3. The maximum absolute atomic E-state index is 10.8. The third-order valence-electron chi connectivity index (χ3n) is 2.99. The molecule has 0 saturated carbocycles. The monoisotopic (exact) mass is 299 g/mol. The molecular weight excluding hydrogens is 290 g/mol. The van der Waals surface area contributed by atoms with Crippen LogP contribution in [0.15, 0.2) is 54.7 Å². The molecule has 0 unspecified atom stereocenters. The minimum atomic E-state index is -0.967. The van der Waals surface area contributed by atoms with Crippen molar-refractivity contribution < 1.29 is 14.6 Å². The molecule has 0 aliphatic heterocycles. The van der Waals surface area contributed by atoms with Crippen LogP contribution in [0.3, 0.4) is 0 Å². The predicted molar refractivity (Wildman–Crippen MR) is 80.2 cm³/mol. The van der Waals surface area contributed by atoms with Crippen molar-refractivity contribution in [1.29, 1.82) is 0 Å². The molecule has 0 spiro atoms. The number of carboxylic acid groups (broad SMARTS) is 1. The zero-order chi connectivity index (χ0) is 14.8. The first-order chi connectivity index (χ1) is 10.1. The van der Waals surface area contributed by atoms with E-state index in [9.17, 15) is 4.79 Å². The van der Waals surface area contributed by atoms with Gasteiger partial charge in [-0.3, -0.25) is 4.98 Å². The van der Waals surface area contributed by atoms with Gasteiger partial charge < -0.3 is 9.84 Å². The van der Waals surface area contributed by atoms with Crippen molar-refractivity contribution in [2.75, 3.05) is 0 Å². The van der Waals surface area contributed by atoms with Gasteiger partial charge in [-0.1, -0.05) is 11.6 Å². The number of aromatic nitrogens is 1. The number of pyridine rings is 1. The number of carbonyl (C=O) groups is 1. The number of benzene rings is 2. The second-order valence-corrected chi connectivity index (χ2v) is 4.84. The minimum absolute atomic E-state index is 0.216. The molecule has 0 radical (unpaired) electrons. The SMILES string of the molecule is O=C(O)c1ccc(Oc2ccnc3cc(Cl)ccc23)cc1. The van der Waals surface area contributed by atoms with Gasteiger partial charge in [0.25, 0.3) is 0 Å². The summed E-state index contributed by atoms with van der Waals surface area (Å²) in [5.41, 5.74) is 0.955. The third-order valence-corrected chi connectivity index (χ3v) is 3.23. The first kappa shape index (κ1) is 13.4. The minimum Gasteiger partial charge on any atom is -0.478 e. The summed E-state index contributed by atoms with van der Waals surface area (Å²) in [5.74, 6) is 0.229. The van der Waals surface area contributed by atoms with E-state index in [4.69, 9.17) is 21.4 Å². The molecule has 21 heavy (non-hydrogen) atoms. The van der Waals surface area contributed by atoms with Crippen LogP contribution in [0.5, 0.6) is 11.5 Å². The Hall–Kier alpha value is -2.59. The molecule has 0 bridgehead atoms. The molecule has 1 N–H and O–H groups in total. The van der Waals surface area contributed by atoms with Crippen LogP contribution >= 0.6 is 11.6 Å². The van der Waals surface area contributed by atoms with Gasteiger partial charge >= 0.3 is 5.97 Å². The number of hydrogen-bond donors (Lipinski definition) is 1. The molecule has 0 aliphatic carbocycles. The molecule has 104 valence electrons. The third kappa shape index (κ3) is 2.80. The molecule has 0 aliphatic rings. The molecule has 3 aromatic rings. The van der Waals surface area contributed by atoms with Gasteiger partial charge in [-0.25, -0.2) is 4.79 Å². The quantitative estimate of drug-likeness (QED) is 0.779. The Kier molecular flexibility index (Phi) is 3.46. The van der Waals surface area contributed by atoms with Crippen LogP contribution in [0.25, 0.3) is 10.9 Å². The molecule has 4 nitrogen and oxygen atoms in total. The van der Waals surface area contributed by atoms with Crippen LogP contribution in [-0.4, -0.2) is 16.1 Å². The molecule has 0 amide bonds. The summed E-state index contributed by atoms with van der Waals surface area (Å²) in [4.78, 5) is 15.1. The lowest BCUT2D eigenvalue weighted by atomic mass is 10.2. The van der Waals surface area contributed by atoms with E-state index in [1.165, 1.54) is 12.1 Å². The van der Waals surface area contributed by atoms with Crippen molar-refractivity contribution in [3.8, 4) is 11.5 Å². The van der Waals surface area contributed by atoms with Gasteiger partial charge in [-0.2, -0.15) is 0 Å². The largest absolute Gasteiger partial charge is 0.478 e. The van der Waals surface area contributed by atoms with Crippen molar-refractivity contribution >= 4 is 28.5 Å². The molecule has 3 rings (SSSR count). The van der Waals surface area contributed by atoms with Crippen molar-refractivity contribution in [1.82, 2.24) is 4.98 Å². The number of carboxylic acids is 1. The van der Waals surface area contributed by atoms with Crippen molar-refractivity contribution in [3.63, 3.8) is 0 Å². The highest BCUT2D eigenvalue weighted by molar-refractivity contribution is 6.31. The Morgan fingerprint density at radius 2 is 1.86 bits per heavy atom. The van der Waals surface area contributed by atoms with Gasteiger partial charge in [-0.05, 0) is 48.5 Å². The van der Waals surface area contributed by atoms with E-state index in [0.29, 0.717) is 16.5 Å². The fraction of sp³-hybridized carbons (Fsp3) is 0. The fourth-order valence-electron chi connectivity index (χ4n) is 1.98. The Morgan fingerprint density at radius 3 is 2.57 bits per heavy atom. The molecule has 1 heterocycles. The Morgan fingerprint density at radius 1 is 1.10 bits per heavy atom. The van der Waals surface area contributed by atoms with Crippen molar-refractivity contribution in [2.24, 2.45) is 0 Å². The van der Waals surface area contributed by atoms with Gasteiger partial charge in [0.05, 0.1) is 11.1 Å². The predicted octanol–water partition coefficient (Wildman–Crippen LogP) is 4.38. The summed E-state index contributed by atoms with van der Waals surface area (Å²) in [6.07, 6.45) is 1.64. The standard InChI is InChI=1S/C16H10ClNO3/c17-11-3-6-13-14(9-11)18-8-7-15(13)21-12-4-1-10(2-5-12)16(19)20/h1-9H,(H,19,20). The second kappa shape index (κ2) is 5.42. The summed E-state index contributed by atoms with van der Waals surface area (Å²) < 4.78 is 5.79. The highest BCUT2D eigenvalue weighted by atomic mass is 35.5. The zero-order valence-corrected chi connectivity index (χ0v) is 11.5. The van der Waals surface area contributed by atoms with Crippen LogP contribution in [0.1, 0.15) is 10.4 Å². The van der Waals surface area contributed by atoms with E-state index in [1.807, 2.05) is 6.07 Å².